The van der Waals surface area contributed by atoms with Crippen molar-refractivity contribution in [2.45, 2.75) is 19.4 Å². The summed E-state index contributed by atoms with van der Waals surface area (Å²) in [5, 5.41) is 0. The average Bonchev–Trinajstić information content (AvgIpc) is 2.84. The molecule has 0 bridgehead atoms. The fourth-order valence-corrected chi connectivity index (χ4v) is 1.92. The van der Waals surface area contributed by atoms with Gasteiger partial charge in [-0.25, -0.2) is 4.98 Å². The molecule has 0 saturated carbocycles. The van der Waals surface area contributed by atoms with Gasteiger partial charge < -0.3 is 15.1 Å². The SMILES string of the molecule is NCc1nc(Br)c(CCc2ccco2)[nH]1. The molecule has 0 aromatic carbocycles. The standard InChI is InChI=1S/C10H12BrN3O/c11-10-8(13-9(6-12)14-10)4-3-7-2-1-5-15-7/h1-2,5H,3-4,6,12H2,(H,13,14). The Morgan fingerprint density at radius 1 is 1.47 bits per heavy atom. The number of furan rings is 1. The molecule has 2 aromatic heterocycles. The van der Waals surface area contributed by atoms with E-state index in [9.17, 15) is 0 Å². The number of hydrogen-bond donors (Lipinski definition) is 2. The molecule has 2 heterocycles. The molecule has 0 atom stereocenters. The molecule has 15 heavy (non-hydrogen) atoms. The molecule has 0 aliphatic carbocycles. The fraction of sp³-hybridized carbons (Fsp3) is 0.300. The van der Waals surface area contributed by atoms with E-state index in [-0.39, 0.29) is 0 Å². The Hall–Kier alpha value is -1.07. The zero-order valence-corrected chi connectivity index (χ0v) is 9.75. The van der Waals surface area contributed by atoms with E-state index in [0.717, 1.165) is 34.7 Å². The van der Waals surface area contributed by atoms with Gasteiger partial charge in [0.15, 0.2) is 0 Å². The molecule has 0 saturated heterocycles. The van der Waals surface area contributed by atoms with Crippen LogP contribution in [0.2, 0.25) is 0 Å². The molecule has 5 heteroatoms. The Kier molecular flexibility index (Phi) is 3.23. The van der Waals surface area contributed by atoms with Crippen molar-refractivity contribution in [3.05, 3.63) is 40.3 Å². The minimum Gasteiger partial charge on any atom is -0.469 e. The van der Waals surface area contributed by atoms with Crippen LogP contribution in [0.25, 0.3) is 0 Å². The van der Waals surface area contributed by atoms with Crippen molar-refractivity contribution in [1.82, 2.24) is 9.97 Å². The second kappa shape index (κ2) is 4.63. The van der Waals surface area contributed by atoms with E-state index in [1.54, 1.807) is 6.26 Å². The number of H-pyrrole nitrogens is 1. The number of rotatable bonds is 4. The summed E-state index contributed by atoms with van der Waals surface area (Å²) in [6.07, 6.45) is 3.40. The van der Waals surface area contributed by atoms with E-state index < -0.39 is 0 Å². The van der Waals surface area contributed by atoms with Crippen molar-refractivity contribution in [3.63, 3.8) is 0 Å². The van der Waals surface area contributed by atoms with Crippen LogP contribution in [0.3, 0.4) is 0 Å². The quantitative estimate of drug-likeness (QED) is 0.892. The Bertz CT molecular complexity index is 422. The first-order valence-electron chi connectivity index (χ1n) is 4.75. The number of imidazole rings is 1. The van der Waals surface area contributed by atoms with Crippen molar-refractivity contribution in [3.8, 4) is 0 Å². The molecule has 0 fully saturated rings. The lowest BCUT2D eigenvalue weighted by Gasteiger charge is -1.95. The monoisotopic (exact) mass is 269 g/mol. The third kappa shape index (κ3) is 2.49. The molecule has 0 radical (unpaired) electrons. The number of nitrogens with two attached hydrogens (primary N) is 1. The third-order valence-electron chi connectivity index (χ3n) is 2.17. The zero-order chi connectivity index (χ0) is 10.7. The van der Waals surface area contributed by atoms with Crippen molar-refractivity contribution in [2.24, 2.45) is 5.73 Å². The number of nitrogens with one attached hydrogen (secondary N) is 1. The van der Waals surface area contributed by atoms with Crippen LogP contribution in [-0.4, -0.2) is 9.97 Å². The summed E-state index contributed by atoms with van der Waals surface area (Å²) in [4.78, 5) is 7.40. The number of aromatic amines is 1. The topological polar surface area (TPSA) is 67.8 Å². The summed E-state index contributed by atoms with van der Waals surface area (Å²) in [5.74, 6) is 1.78. The highest BCUT2D eigenvalue weighted by atomic mass is 79.9. The number of aromatic nitrogens is 2. The van der Waals surface area contributed by atoms with Crippen LogP contribution in [0.4, 0.5) is 0 Å². The lowest BCUT2D eigenvalue weighted by Crippen LogP contribution is -1.98. The van der Waals surface area contributed by atoms with E-state index in [0.29, 0.717) is 6.54 Å². The molecule has 0 aliphatic rings. The molecule has 2 rings (SSSR count). The van der Waals surface area contributed by atoms with Gasteiger partial charge in [0.2, 0.25) is 0 Å². The third-order valence-corrected chi connectivity index (χ3v) is 2.83. The maximum Gasteiger partial charge on any atom is 0.127 e. The second-order valence-corrected chi connectivity index (χ2v) is 3.99. The first-order chi connectivity index (χ1) is 7.29. The first-order valence-corrected chi connectivity index (χ1v) is 5.54. The molecule has 0 unspecified atom stereocenters. The summed E-state index contributed by atoms with van der Waals surface area (Å²) < 4.78 is 6.10. The summed E-state index contributed by atoms with van der Waals surface area (Å²) in [6.45, 7) is 0.430. The first kappa shape index (κ1) is 10.4. The van der Waals surface area contributed by atoms with Crippen LogP contribution in [0.5, 0.6) is 0 Å². The highest BCUT2D eigenvalue weighted by molar-refractivity contribution is 9.10. The van der Waals surface area contributed by atoms with E-state index in [4.69, 9.17) is 10.2 Å². The average molecular weight is 270 g/mol. The lowest BCUT2D eigenvalue weighted by atomic mass is 10.2. The van der Waals surface area contributed by atoms with E-state index in [2.05, 4.69) is 25.9 Å². The van der Waals surface area contributed by atoms with E-state index >= 15 is 0 Å². The Morgan fingerprint density at radius 3 is 2.93 bits per heavy atom. The molecule has 4 nitrogen and oxygen atoms in total. The summed E-state index contributed by atoms with van der Waals surface area (Å²) >= 11 is 3.39. The van der Waals surface area contributed by atoms with Crippen LogP contribution >= 0.6 is 15.9 Å². The predicted molar refractivity (Wildman–Crippen MR) is 60.3 cm³/mol. The van der Waals surface area contributed by atoms with Gasteiger partial charge in [-0.1, -0.05) is 0 Å². The van der Waals surface area contributed by atoms with Gasteiger partial charge in [0.1, 0.15) is 16.2 Å². The maximum absolute atomic E-state index is 5.49. The van der Waals surface area contributed by atoms with Crippen molar-refractivity contribution >= 4 is 15.9 Å². The van der Waals surface area contributed by atoms with Crippen molar-refractivity contribution in [1.29, 1.82) is 0 Å². The lowest BCUT2D eigenvalue weighted by molar-refractivity contribution is 0.507. The van der Waals surface area contributed by atoms with Crippen LogP contribution < -0.4 is 5.73 Å². The molecule has 0 spiro atoms. The van der Waals surface area contributed by atoms with Gasteiger partial charge in [0.25, 0.3) is 0 Å². The Morgan fingerprint density at radius 2 is 2.33 bits per heavy atom. The van der Waals surface area contributed by atoms with Gasteiger partial charge in [0.05, 0.1) is 12.8 Å². The number of aryl methyl sites for hydroxylation is 2. The minimum atomic E-state index is 0.430. The zero-order valence-electron chi connectivity index (χ0n) is 8.16. The highest BCUT2D eigenvalue weighted by Crippen LogP contribution is 2.16. The molecule has 80 valence electrons. The number of nitrogens with zero attached hydrogens (tertiary/aromatic N) is 1. The second-order valence-electron chi connectivity index (χ2n) is 3.24. The van der Waals surface area contributed by atoms with Crippen LogP contribution in [-0.2, 0) is 19.4 Å². The van der Waals surface area contributed by atoms with E-state index in [1.165, 1.54) is 0 Å². The molecule has 2 aromatic rings. The minimum absolute atomic E-state index is 0.430. The molecule has 3 N–H and O–H groups in total. The fourth-order valence-electron chi connectivity index (χ4n) is 1.41. The van der Waals surface area contributed by atoms with Crippen molar-refractivity contribution in [2.75, 3.05) is 0 Å². The summed E-state index contributed by atoms with van der Waals surface area (Å²) in [6, 6.07) is 3.86. The summed E-state index contributed by atoms with van der Waals surface area (Å²) in [5.41, 5.74) is 6.55. The highest BCUT2D eigenvalue weighted by Gasteiger charge is 2.07. The molecular formula is C10H12BrN3O. The van der Waals surface area contributed by atoms with Gasteiger partial charge in [-0.15, -0.1) is 0 Å². The van der Waals surface area contributed by atoms with Gasteiger partial charge in [-0.05, 0) is 34.5 Å². The number of halogens is 1. The molecule has 0 aliphatic heterocycles. The normalized spacial score (nSPS) is 10.8. The van der Waals surface area contributed by atoms with Crippen LogP contribution in [0.15, 0.2) is 27.4 Å². The van der Waals surface area contributed by atoms with Gasteiger partial charge >= 0.3 is 0 Å². The molecule has 0 amide bonds. The summed E-state index contributed by atoms with van der Waals surface area (Å²) in [7, 11) is 0. The molecular weight excluding hydrogens is 258 g/mol. The van der Waals surface area contributed by atoms with Crippen molar-refractivity contribution < 1.29 is 4.42 Å². The maximum atomic E-state index is 5.49. The van der Waals surface area contributed by atoms with Gasteiger partial charge in [0, 0.05) is 12.1 Å². The van der Waals surface area contributed by atoms with Crippen LogP contribution in [0.1, 0.15) is 17.3 Å². The largest absolute Gasteiger partial charge is 0.469 e. The Balaban J connectivity index is 2.01. The van der Waals surface area contributed by atoms with Crippen LogP contribution in [0, 0.1) is 0 Å². The van der Waals surface area contributed by atoms with Gasteiger partial charge in [-0.2, -0.15) is 0 Å². The van der Waals surface area contributed by atoms with E-state index in [1.807, 2.05) is 12.1 Å². The smallest absolute Gasteiger partial charge is 0.127 e. The number of hydrogen-bond acceptors (Lipinski definition) is 3. The predicted octanol–water partition coefficient (Wildman–Crippen LogP) is 2.01. The van der Waals surface area contributed by atoms with Gasteiger partial charge in [-0.3, -0.25) is 0 Å². The Labute approximate surface area is 96.0 Å².